The van der Waals surface area contributed by atoms with Crippen molar-refractivity contribution >= 4 is 29.3 Å². The number of carbonyl (C=O) groups excluding carboxylic acids is 2. The van der Waals surface area contributed by atoms with E-state index in [2.05, 4.69) is 11.4 Å². The van der Waals surface area contributed by atoms with Gasteiger partial charge in [-0.1, -0.05) is 24.3 Å². The SMILES string of the molecule is N#CCc1ccc(NC(=O)c2ccccc2SCC(N)=O)cc1. The fraction of sp³-hybridized carbons (Fsp3) is 0.118. The van der Waals surface area contributed by atoms with Gasteiger partial charge in [0.25, 0.3) is 5.91 Å². The molecule has 2 rings (SSSR count). The minimum Gasteiger partial charge on any atom is -0.369 e. The maximum absolute atomic E-state index is 12.4. The molecule has 0 atom stereocenters. The first-order chi connectivity index (χ1) is 11.1. The largest absolute Gasteiger partial charge is 0.369 e. The van der Waals surface area contributed by atoms with Crippen molar-refractivity contribution in [3.8, 4) is 6.07 Å². The number of hydrogen-bond donors (Lipinski definition) is 2. The summed E-state index contributed by atoms with van der Waals surface area (Å²) in [6.07, 6.45) is 0.334. The minimum absolute atomic E-state index is 0.118. The van der Waals surface area contributed by atoms with Crippen molar-refractivity contribution < 1.29 is 9.59 Å². The Morgan fingerprint density at radius 3 is 2.48 bits per heavy atom. The predicted molar refractivity (Wildman–Crippen MR) is 90.1 cm³/mol. The molecule has 3 N–H and O–H groups in total. The molecule has 0 aliphatic rings. The van der Waals surface area contributed by atoms with Crippen LogP contribution in [-0.4, -0.2) is 17.6 Å². The minimum atomic E-state index is -0.432. The average molecular weight is 325 g/mol. The molecule has 0 radical (unpaired) electrons. The van der Waals surface area contributed by atoms with Crippen molar-refractivity contribution in [2.75, 3.05) is 11.1 Å². The van der Waals surface area contributed by atoms with Crippen molar-refractivity contribution in [2.45, 2.75) is 11.3 Å². The van der Waals surface area contributed by atoms with Gasteiger partial charge < -0.3 is 11.1 Å². The number of nitriles is 1. The quantitative estimate of drug-likeness (QED) is 0.798. The highest BCUT2D eigenvalue weighted by Crippen LogP contribution is 2.23. The standard InChI is InChI=1S/C17H15N3O2S/c18-10-9-12-5-7-13(8-6-12)20-17(22)14-3-1-2-4-15(14)23-11-16(19)21/h1-8H,9,11H2,(H2,19,21)(H,20,22). The average Bonchev–Trinajstić information content (AvgIpc) is 2.55. The normalized spacial score (nSPS) is 9.87. The predicted octanol–water partition coefficient (Wildman–Crippen LogP) is 2.58. The highest BCUT2D eigenvalue weighted by molar-refractivity contribution is 8.00. The van der Waals surface area contributed by atoms with E-state index in [1.807, 2.05) is 0 Å². The van der Waals surface area contributed by atoms with Crippen molar-refractivity contribution in [1.82, 2.24) is 0 Å². The van der Waals surface area contributed by atoms with E-state index in [0.29, 0.717) is 22.6 Å². The molecule has 6 heteroatoms. The molecule has 0 aliphatic carbocycles. The van der Waals surface area contributed by atoms with Gasteiger partial charge in [0.1, 0.15) is 0 Å². The van der Waals surface area contributed by atoms with Gasteiger partial charge in [0.15, 0.2) is 0 Å². The lowest BCUT2D eigenvalue weighted by atomic mass is 10.1. The molecule has 0 aliphatic heterocycles. The second-order valence-corrected chi connectivity index (χ2v) is 5.75. The van der Waals surface area contributed by atoms with Gasteiger partial charge in [0.2, 0.25) is 5.91 Å². The zero-order chi connectivity index (χ0) is 16.7. The third kappa shape index (κ3) is 4.87. The zero-order valence-corrected chi connectivity index (χ0v) is 13.1. The van der Waals surface area contributed by atoms with E-state index in [4.69, 9.17) is 11.0 Å². The third-order valence-corrected chi connectivity index (χ3v) is 4.09. The molecule has 23 heavy (non-hydrogen) atoms. The van der Waals surface area contributed by atoms with E-state index in [1.165, 1.54) is 11.8 Å². The molecule has 0 saturated heterocycles. The molecule has 2 amide bonds. The van der Waals surface area contributed by atoms with Crippen LogP contribution in [0.15, 0.2) is 53.4 Å². The molecule has 2 aromatic carbocycles. The number of nitrogens with zero attached hydrogens (tertiary/aromatic N) is 1. The van der Waals surface area contributed by atoms with Crippen molar-refractivity contribution in [3.05, 3.63) is 59.7 Å². The lowest BCUT2D eigenvalue weighted by Gasteiger charge is -2.09. The number of carbonyl (C=O) groups is 2. The number of rotatable bonds is 6. The summed E-state index contributed by atoms with van der Waals surface area (Å²) in [7, 11) is 0. The molecule has 0 spiro atoms. The monoisotopic (exact) mass is 325 g/mol. The van der Waals surface area contributed by atoms with Gasteiger partial charge in [-0.3, -0.25) is 9.59 Å². The fourth-order valence-corrected chi connectivity index (χ4v) is 2.71. The number of nitrogens with one attached hydrogen (secondary N) is 1. The first kappa shape index (κ1) is 16.6. The zero-order valence-electron chi connectivity index (χ0n) is 12.3. The Morgan fingerprint density at radius 1 is 1.13 bits per heavy atom. The summed E-state index contributed by atoms with van der Waals surface area (Å²) < 4.78 is 0. The van der Waals surface area contributed by atoms with Crippen LogP contribution in [0.2, 0.25) is 0 Å². The van der Waals surface area contributed by atoms with Gasteiger partial charge in [-0.15, -0.1) is 11.8 Å². The van der Waals surface area contributed by atoms with Gasteiger partial charge in [-0.2, -0.15) is 5.26 Å². The number of thioether (sulfide) groups is 1. The molecule has 5 nitrogen and oxygen atoms in total. The van der Waals surface area contributed by atoms with Crippen LogP contribution in [0.4, 0.5) is 5.69 Å². The van der Waals surface area contributed by atoms with Crippen LogP contribution in [0.3, 0.4) is 0 Å². The van der Waals surface area contributed by atoms with E-state index in [-0.39, 0.29) is 11.7 Å². The van der Waals surface area contributed by atoms with Gasteiger partial charge in [-0.05, 0) is 29.8 Å². The Kier molecular flexibility index (Phi) is 5.78. The topological polar surface area (TPSA) is 96.0 Å². The molecule has 2 aromatic rings. The summed E-state index contributed by atoms with van der Waals surface area (Å²) in [6.45, 7) is 0. The first-order valence-corrected chi connectivity index (χ1v) is 7.86. The second kappa shape index (κ2) is 8.01. The molecular formula is C17H15N3O2S. The number of hydrogen-bond acceptors (Lipinski definition) is 4. The first-order valence-electron chi connectivity index (χ1n) is 6.87. The Balaban J connectivity index is 2.11. The van der Waals surface area contributed by atoms with E-state index < -0.39 is 5.91 Å². The van der Waals surface area contributed by atoms with E-state index in [1.54, 1.807) is 48.5 Å². The van der Waals surface area contributed by atoms with Crippen molar-refractivity contribution in [3.63, 3.8) is 0 Å². The van der Waals surface area contributed by atoms with Gasteiger partial charge in [0.05, 0.1) is 23.8 Å². The summed E-state index contributed by atoms with van der Waals surface area (Å²) in [5.74, 6) is -0.573. The molecule has 116 valence electrons. The van der Waals surface area contributed by atoms with Crippen LogP contribution in [0.25, 0.3) is 0 Å². The molecule has 0 bridgehead atoms. The van der Waals surface area contributed by atoms with E-state index >= 15 is 0 Å². The smallest absolute Gasteiger partial charge is 0.256 e. The third-order valence-electron chi connectivity index (χ3n) is 3.00. The van der Waals surface area contributed by atoms with Crippen LogP contribution in [-0.2, 0) is 11.2 Å². The number of nitrogens with two attached hydrogens (primary N) is 1. The highest BCUT2D eigenvalue weighted by atomic mass is 32.2. The van der Waals surface area contributed by atoms with Crippen LogP contribution in [0.1, 0.15) is 15.9 Å². The number of anilines is 1. The molecule has 0 fully saturated rings. The molecule has 0 saturated carbocycles. The summed E-state index contributed by atoms with van der Waals surface area (Å²) >= 11 is 1.23. The summed E-state index contributed by atoms with van der Waals surface area (Å²) in [6, 6.07) is 16.2. The Morgan fingerprint density at radius 2 is 1.83 bits per heavy atom. The molecular weight excluding hydrogens is 310 g/mol. The molecule has 0 aromatic heterocycles. The van der Waals surface area contributed by atoms with E-state index in [9.17, 15) is 9.59 Å². The van der Waals surface area contributed by atoms with Crippen molar-refractivity contribution in [1.29, 1.82) is 5.26 Å². The Hall–Kier alpha value is -2.78. The summed E-state index contributed by atoms with van der Waals surface area (Å²) in [5.41, 5.74) is 7.17. The van der Waals surface area contributed by atoms with Crippen LogP contribution in [0.5, 0.6) is 0 Å². The maximum atomic E-state index is 12.4. The second-order valence-electron chi connectivity index (χ2n) is 4.74. The molecule has 0 heterocycles. The summed E-state index contributed by atoms with van der Waals surface area (Å²) in [4.78, 5) is 24.0. The van der Waals surface area contributed by atoms with Crippen molar-refractivity contribution in [2.24, 2.45) is 5.73 Å². The number of amides is 2. The maximum Gasteiger partial charge on any atom is 0.256 e. The van der Waals surface area contributed by atoms with Gasteiger partial charge in [0, 0.05) is 10.6 Å². The number of benzene rings is 2. The van der Waals surface area contributed by atoms with Crippen LogP contribution < -0.4 is 11.1 Å². The van der Waals surface area contributed by atoms with Gasteiger partial charge in [-0.25, -0.2) is 0 Å². The Labute approximate surface area is 138 Å². The van der Waals surface area contributed by atoms with Crippen LogP contribution >= 0.6 is 11.8 Å². The Bertz CT molecular complexity index is 751. The lowest BCUT2D eigenvalue weighted by molar-refractivity contribution is -0.115. The van der Waals surface area contributed by atoms with Crippen LogP contribution in [0, 0.1) is 11.3 Å². The van der Waals surface area contributed by atoms with E-state index in [0.717, 1.165) is 5.56 Å². The highest BCUT2D eigenvalue weighted by Gasteiger charge is 2.12. The summed E-state index contributed by atoms with van der Waals surface area (Å²) in [5, 5.41) is 11.5. The number of primary amides is 1. The molecule has 0 unspecified atom stereocenters. The lowest BCUT2D eigenvalue weighted by Crippen LogP contribution is -2.15. The van der Waals surface area contributed by atoms with Gasteiger partial charge >= 0.3 is 0 Å². The fourth-order valence-electron chi connectivity index (χ4n) is 1.92.